The smallest absolute Gasteiger partial charge is 0.279 e. The van der Waals surface area contributed by atoms with Crippen molar-refractivity contribution in [3.63, 3.8) is 0 Å². The summed E-state index contributed by atoms with van der Waals surface area (Å²) < 4.78 is 0. The van der Waals surface area contributed by atoms with E-state index in [1.54, 1.807) is 0 Å². The minimum atomic E-state index is 0.106. The van der Waals surface area contributed by atoms with Gasteiger partial charge in [0.1, 0.15) is 0 Å². The molecule has 0 radical (unpaired) electrons. The molecule has 2 N–H and O–H groups in total. The molecule has 2 aromatic rings. The van der Waals surface area contributed by atoms with Crippen LogP contribution in [0.4, 0.5) is 5.69 Å². The summed E-state index contributed by atoms with van der Waals surface area (Å²) in [5, 5.41) is 3.13. The van der Waals surface area contributed by atoms with Gasteiger partial charge in [-0.25, -0.2) is 0 Å². The molecule has 1 amide bonds. The molecule has 3 atom stereocenters. The SMILES string of the molecule is C[C@@H]1C[C@H](C)C[NH+](CC(=O)Nc2ccccc2-c2ccccc2)C1. The Morgan fingerprint density at radius 1 is 1.00 bits per heavy atom. The highest BCUT2D eigenvalue weighted by Gasteiger charge is 2.26. The third-order valence-electron chi connectivity index (χ3n) is 4.78. The van der Waals surface area contributed by atoms with E-state index in [0.717, 1.165) is 29.9 Å². The second-order valence-corrected chi connectivity index (χ2v) is 7.24. The van der Waals surface area contributed by atoms with Gasteiger partial charge in [0.05, 0.1) is 13.1 Å². The summed E-state index contributed by atoms with van der Waals surface area (Å²) in [6.07, 6.45) is 1.28. The van der Waals surface area contributed by atoms with Gasteiger partial charge in [-0.05, 0) is 18.1 Å². The number of nitrogens with one attached hydrogen (secondary N) is 2. The lowest BCUT2D eigenvalue weighted by molar-refractivity contribution is -0.904. The van der Waals surface area contributed by atoms with E-state index in [0.29, 0.717) is 18.4 Å². The fourth-order valence-electron chi connectivity index (χ4n) is 3.95. The summed E-state index contributed by atoms with van der Waals surface area (Å²) in [6, 6.07) is 18.2. The van der Waals surface area contributed by atoms with Crippen molar-refractivity contribution < 1.29 is 9.69 Å². The number of quaternary nitrogens is 1. The van der Waals surface area contributed by atoms with Crippen LogP contribution < -0.4 is 10.2 Å². The Hall–Kier alpha value is -2.13. The molecule has 24 heavy (non-hydrogen) atoms. The van der Waals surface area contributed by atoms with Gasteiger partial charge in [-0.2, -0.15) is 0 Å². The minimum absolute atomic E-state index is 0.106. The molecule has 1 saturated heterocycles. The molecule has 0 spiro atoms. The summed E-state index contributed by atoms with van der Waals surface area (Å²) in [4.78, 5) is 13.9. The summed E-state index contributed by atoms with van der Waals surface area (Å²) in [5.74, 6) is 1.51. The van der Waals surface area contributed by atoms with Crippen molar-refractivity contribution in [2.45, 2.75) is 20.3 Å². The average molecular weight is 323 g/mol. The number of piperidine rings is 1. The van der Waals surface area contributed by atoms with Crippen LogP contribution >= 0.6 is 0 Å². The van der Waals surface area contributed by atoms with Crippen molar-refractivity contribution >= 4 is 11.6 Å². The second-order valence-electron chi connectivity index (χ2n) is 7.24. The standard InChI is InChI=1S/C21H26N2O/c1-16-12-17(2)14-23(13-16)15-21(24)22-20-11-7-6-10-19(20)18-8-4-3-5-9-18/h3-11,16-17H,12-15H2,1-2H3,(H,22,24)/p+1/t16-,17+. The van der Waals surface area contributed by atoms with Crippen LogP contribution in [0, 0.1) is 11.8 Å². The molecule has 1 unspecified atom stereocenters. The number of rotatable bonds is 4. The first-order valence-electron chi connectivity index (χ1n) is 8.89. The number of carbonyl (C=O) groups is 1. The minimum Gasteiger partial charge on any atom is -0.327 e. The molecule has 0 bridgehead atoms. The number of amides is 1. The van der Waals surface area contributed by atoms with Crippen LogP contribution in [0.2, 0.25) is 0 Å². The van der Waals surface area contributed by atoms with E-state index in [-0.39, 0.29) is 5.91 Å². The van der Waals surface area contributed by atoms with Gasteiger partial charge in [-0.1, -0.05) is 62.4 Å². The van der Waals surface area contributed by atoms with E-state index in [4.69, 9.17) is 0 Å². The molecule has 1 fully saturated rings. The molecule has 3 nitrogen and oxygen atoms in total. The highest BCUT2D eigenvalue weighted by Crippen LogP contribution is 2.27. The summed E-state index contributed by atoms with van der Waals surface area (Å²) in [6.45, 7) is 7.32. The number of anilines is 1. The summed E-state index contributed by atoms with van der Waals surface area (Å²) >= 11 is 0. The first-order valence-corrected chi connectivity index (χ1v) is 8.89. The predicted octanol–water partition coefficient (Wildman–Crippen LogP) is 2.85. The molecule has 0 aliphatic carbocycles. The zero-order valence-electron chi connectivity index (χ0n) is 14.6. The van der Waals surface area contributed by atoms with Gasteiger partial charge in [-0.3, -0.25) is 4.79 Å². The van der Waals surface area contributed by atoms with E-state index in [1.807, 2.05) is 36.4 Å². The van der Waals surface area contributed by atoms with Crippen LogP contribution in [0.5, 0.6) is 0 Å². The Balaban J connectivity index is 1.69. The number of likely N-dealkylation sites (tertiary alicyclic amines) is 1. The predicted molar refractivity (Wildman–Crippen MR) is 99.0 cm³/mol. The van der Waals surface area contributed by atoms with Crippen LogP contribution in [0.15, 0.2) is 54.6 Å². The quantitative estimate of drug-likeness (QED) is 0.891. The number of carbonyl (C=O) groups excluding carboxylic acids is 1. The number of hydrogen-bond donors (Lipinski definition) is 2. The highest BCUT2D eigenvalue weighted by atomic mass is 16.2. The molecule has 126 valence electrons. The lowest BCUT2D eigenvalue weighted by Crippen LogP contribution is -3.15. The normalized spacial score (nSPS) is 23.7. The van der Waals surface area contributed by atoms with Crippen LogP contribution in [-0.2, 0) is 4.79 Å². The summed E-state index contributed by atoms with van der Waals surface area (Å²) in [7, 11) is 0. The summed E-state index contributed by atoms with van der Waals surface area (Å²) in [5.41, 5.74) is 3.09. The topological polar surface area (TPSA) is 33.5 Å². The average Bonchev–Trinajstić information content (AvgIpc) is 2.55. The van der Waals surface area contributed by atoms with E-state index in [9.17, 15) is 4.79 Å². The maximum absolute atomic E-state index is 12.5. The van der Waals surface area contributed by atoms with Crippen molar-refractivity contribution in [1.82, 2.24) is 0 Å². The number of para-hydroxylation sites is 1. The Morgan fingerprint density at radius 3 is 2.33 bits per heavy atom. The first-order chi connectivity index (χ1) is 11.6. The largest absolute Gasteiger partial charge is 0.327 e. The Labute approximate surface area is 144 Å². The van der Waals surface area contributed by atoms with E-state index >= 15 is 0 Å². The lowest BCUT2D eigenvalue weighted by Gasteiger charge is -2.31. The molecule has 0 aromatic heterocycles. The Kier molecular flexibility index (Phi) is 5.31. The number of benzene rings is 2. The van der Waals surface area contributed by atoms with Gasteiger partial charge in [0, 0.05) is 23.1 Å². The molecule has 3 rings (SSSR count). The van der Waals surface area contributed by atoms with Crippen molar-refractivity contribution in [3.8, 4) is 11.1 Å². The highest BCUT2D eigenvalue weighted by molar-refractivity contribution is 5.96. The van der Waals surface area contributed by atoms with Crippen molar-refractivity contribution in [2.75, 3.05) is 25.0 Å². The third kappa shape index (κ3) is 4.24. The molecular weight excluding hydrogens is 296 g/mol. The maximum atomic E-state index is 12.5. The molecule has 1 aliphatic rings. The van der Waals surface area contributed by atoms with Gasteiger partial charge in [-0.15, -0.1) is 0 Å². The molecule has 0 saturated carbocycles. The zero-order valence-corrected chi connectivity index (χ0v) is 14.6. The van der Waals surface area contributed by atoms with Crippen LogP contribution in [0.3, 0.4) is 0 Å². The van der Waals surface area contributed by atoms with Crippen LogP contribution in [0.25, 0.3) is 11.1 Å². The van der Waals surface area contributed by atoms with Crippen LogP contribution in [0.1, 0.15) is 20.3 Å². The lowest BCUT2D eigenvalue weighted by atomic mass is 9.92. The number of hydrogen-bond acceptors (Lipinski definition) is 1. The molecule has 1 heterocycles. The van der Waals surface area contributed by atoms with E-state index in [2.05, 4.69) is 37.4 Å². The Morgan fingerprint density at radius 2 is 1.62 bits per heavy atom. The van der Waals surface area contributed by atoms with Crippen molar-refractivity contribution in [3.05, 3.63) is 54.6 Å². The first kappa shape index (κ1) is 16.7. The molecule has 1 aliphatic heterocycles. The third-order valence-corrected chi connectivity index (χ3v) is 4.78. The maximum Gasteiger partial charge on any atom is 0.279 e. The van der Waals surface area contributed by atoms with Crippen LogP contribution in [-0.4, -0.2) is 25.5 Å². The van der Waals surface area contributed by atoms with E-state index < -0.39 is 0 Å². The van der Waals surface area contributed by atoms with Gasteiger partial charge in [0.25, 0.3) is 5.91 Å². The van der Waals surface area contributed by atoms with Crippen molar-refractivity contribution in [2.24, 2.45) is 11.8 Å². The van der Waals surface area contributed by atoms with Crippen molar-refractivity contribution in [1.29, 1.82) is 0 Å². The van der Waals surface area contributed by atoms with Gasteiger partial charge in [0.15, 0.2) is 6.54 Å². The zero-order chi connectivity index (χ0) is 16.9. The molecular formula is C21H27N2O+. The second kappa shape index (κ2) is 7.63. The van der Waals surface area contributed by atoms with Gasteiger partial charge < -0.3 is 10.2 Å². The molecule has 3 heteroatoms. The fourth-order valence-corrected chi connectivity index (χ4v) is 3.95. The van der Waals surface area contributed by atoms with Gasteiger partial charge >= 0.3 is 0 Å². The van der Waals surface area contributed by atoms with Gasteiger partial charge in [0.2, 0.25) is 0 Å². The Bertz CT molecular complexity index is 673. The monoisotopic (exact) mass is 323 g/mol. The molecule has 2 aromatic carbocycles. The van der Waals surface area contributed by atoms with E-state index in [1.165, 1.54) is 11.3 Å². The fraction of sp³-hybridized carbons (Fsp3) is 0.381.